The standard InChI is InChI=1S/C17H20N2O3/c1-10(2)15-11(9-21-19-15)8-18-12-5-6-14-13(7-12)16(20)22-17(14,3)4/h5-7,9-10,18H,8H2,1-4H3. The average molecular weight is 300 g/mol. The van der Waals surface area contributed by atoms with Gasteiger partial charge in [0.1, 0.15) is 11.9 Å². The van der Waals surface area contributed by atoms with Gasteiger partial charge in [0.05, 0.1) is 11.3 Å². The van der Waals surface area contributed by atoms with Gasteiger partial charge in [-0.2, -0.15) is 0 Å². The first-order chi connectivity index (χ1) is 10.4. The summed E-state index contributed by atoms with van der Waals surface area (Å²) in [6.45, 7) is 8.56. The molecule has 116 valence electrons. The number of carbonyl (C=O) groups excluding carboxylic acids is 1. The van der Waals surface area contributed by atoms with Crippen molar-refractivity contribution in [2.24, 2.45) is 0 Å². The molecule has 1 aromatic carbocycles. The van der Waals surface area contributed by atoms with E-state index < -0.39 is 5.60 Å². The van der Waals surface area contributed by atoms with E-state index in [9.17, 15) is 4.79 Å². The molecule has 2 heterocycles. The molecule has 0 aliphatic carbocycles. The fourth-order valence-electron chi connectivity index (χ4n) is 2.76. The Hall–Kier alpha value is -2.30. The molecule has 3 rings (SSSR count). The largest absolute Gasteiger partial charge is 0.451 e. The second-order valence-electron chi connectivity index (χ2n) is 6.39. The summed E-state index contributed by atoms with van der Waals surface area (Å²) in [7, 11) is 0. The van der Waals surface area contributed by atoms with E-state index in [0.717, 1.165) is 22.5 Å². The van der Waals surface area contributed by atoms with Crippen LogP contribution in [-0.4, -0.2) is 11.1 Å². The molecule has 1 aliphatic heterocycles. The minimum absolute atomic E-state index is 0.267. The molecule has 1 aromatic heterocycles. The summed E-state index contributed by atoms with van der Waals surface area (Å²) in [6, 6.07) is 5.75. The molecule has 0 radical (unpaired) electrons. The number of nitrogens with zero attached hydrogens (tertiary/aromatic N) is 1. The van der Waals surface area contributed by atoms with Gasteiger partial charge in [-0.25, -0.2) is 4.79 Å². The van der Waals surface area contributed by atoms with Gasteiger partial charge in [-0.05, 0) is 31.9 Å². The van der Waals surface area contributed by atoms with Crippen LogP contribution in [0.3, 0.4) is 0 Å². The van der Waals surface area contributed by atoms with Crippen molar-refractivity contribution in [3.63, 3.8) is 0 Å². The molecule has 0 spiro atoms. The molecule has 22 heavy (non-hydrogen) atoms. The Balaban J connectivity index is 1.79. The van der Waals surface area contributed by atoms with Crippen molar-refractivity contribution in [3.8, 4) is 0 Å². The number of hydrogen-bond acceptors (Lipinski definition) is 5. The topological polar surface area (TPSA) is 64.4 Å². The van der Waals surface area contributed by atoms with Crippen molar-refractivity contribution in [2.75, 3.05) is 5.32 Å². The highest BCUT2D eigenvalue weighted by Crippen LogP contribution is 2.37. The summed E-state index contributed by atoms with van der Waals surface area (Å²) in [5.41, 5.74) is 3.86. The van der Waals surface area contributed by atoms with Gasteiger partial charge in [-0.15, -0.1) is 0 Å². The summed E-state index contributed by atoms with van der Waals surface area (Å²) in [6.07, 6.45) is 1.66. The van der Waals surface area contributed by atoms with Crippen LogP contribution in [-0.2, 0) is 16.9 Å². The third kappa shape index (κ3) is 2.47. The van der Waals surface area contributed by atoms with E-state index >= 15 is 0 Å². The van der Waals surface area contributed by atoms with E-state index in [1.807, 2.05) is 32.0 Å². The van der Waals surface area contributed by atoms with Crippen LogP contribution < -0.4 is 5.32 Å². The van der Waals surface area contributed by atoms with E-state index in [0.29, 0.717) is 18.0 Å². The molecular formula is C17H20N2O3. The van der Waals surface area contributed by atoms with E-state index in [1.165, 1.54) is 0 Å². The number of anilines is 1. The third-order valence-electron chi connectivity index (χ3n) is 3.94. The molecular weight excluding hydrogens is 280 g/mol. The molecule has 5 heteroatoms. The number of nitrogens with one attached hydrogen (secondary N) is 1. The SMILES string of the molecule is CC(C)c1nocc1CNc1ccc2c(c1)C(=O)OC2(C)C. The fourth-order valence-corrected chi connectivity index (χ4v) is 2.76. The summed E-state index contributed by atoms with van der Waals surface area (Å²) in [4.78, 5) is 11.9. The molecule has 1 aliphatic rings. The highest BCUT2D eigenvalue weighted by molar-refractivity contribution is 5.95. The van der Waals surface area contributed by atoms with Gasteiger partial charge in [0.25, 0.3) is 0 Å². The van der Waals surface area contributed by atoms with E-state index in [1.54, 1.807) is 6.26 Å². The second-order valence-corrected chi connectivity index (χ2v) is 6.39. The number of benzene rings is 1. The molecule has 0 saturated heterocycles. The van der Waals surface area contributed by atoms with Gasteiger partial charge >= 0.3 is 5.97 Å². The van der Waals surface area contributed by atoms with Crippen LogP contribution in [0.2, 0.25) is 0 Å². The lowest BCUT2D eigenvalue weighted by atomic mass is 9.95. The molecule has 0 fully saturated rings. The molecule has 2 aromatic rings. The predicted octanol–water partition coefficient (Wildman–Crippen LogP) is 3.82. The van der Waals surface area contributed by atoms with Crippen LogP contribution in [0.15, 0.2) is 29.0 Å². The lowest BCUT2D eigenvalue weighted by Crippen LogP contribution is -2.15. The van der Waals surface area contributed by atoms with Crippen LogP contribution in [0.25, 0.3) is 0 Å². The zero-order chi connectivity index (χ0) is 15.9. The Morgan fingerprint density at radius 1 is 1.32 bits per heavy atom. The van der Waals surface area contributed by atoms with Crippen LogP contribution in [0.4, 0.5) is 5.69 Å². The average Bonchev–Trinajstić information content (AvgIpc) is 3.00. The maximum Gasteiger partial charge on any atom is 0.339 e. The van der Waals surface area contributed by atoms with Crippen molar-refractivity contribution < 1.29 is 14.1 Å². The lowest BCUT2D eigenvalue weighted by Gasteiger charge is -2.17. The predicted molar refractivity (Wildman–Crippen MR) is 82.8 cm³/mol. The number of fused-ring (bicyclic) bond motifs is 1. The molecule has 1 N–H and O–H groups in total. The first-order valence-corrected chi connectivity index (χ1v) is 7.43. The number of aromatic nitrogens is 1. The minimum Gasteiger partial charge on any atom is -0.451 e. The van der Waals surface area contributed by atoms with Crippen LogP contribution in [0.1, 0.15) is 60.8 Å². The van der Waals surface area contributed by atoms with Crippen molar-refractivity contribution in [1.82, 2.24) is 5.16 Å². The Labute approximate surface area is 129 Å². The Kier molecular flexibility index (Phi) is 3.43. The lowest BCUT2D eigenvalue weighted by molar-refractivity contribution is 0.00954. The fraction of sp³-hybridized carbons (Fsp3) is 0.412. The zero-order valence-corrected chi connectivity index (χ0v) is 13.3. The number of rotatable bonds is 4. The van der Waals surface area contributed by atoms with Gasteiger partial charge < -0.3 is 14.6 Å². The van der Waals surface area contributed by atoms with E-state index in [4.69, 9.17) is 9.26 Å². The van der Waals surface area contributed by atoms with Crippen LogP contribution in [0.5, 0.6) is 0 Å². The van der Waals surface area contributed by atoms with E-state index in [2.05, 4.69) is 24.3 Å². The van der Waals surface area contributed by atoms with E-state index in [-0.39, 0.29) is 5.97 Å². The van der Waals surface area contributed by atoms with Crippen LogP contribution in [0, 0.1) is 0 Å². The van der Waals surface area contributed by atoms with Gasteiger partial charge in [0.2, 0.25) is 0 Å². The highest BCUT2D eigenvalue weighted by atomic mass is 16.6. The molecule has 5 nitrogen and oxygen atoms in total. The summed E-state index contributed by atoms with van der Waals surface area (Å²) < 4.78 is 10.4. The number of cyclic esters (lactones) is 1. The first kappa shape index (κ1) is 14.6. The zero-order valence-electron chi connectivity index (χ0n) is 13.3. The Morgan fingerprint density at radius 2 is 2.09 bits per heavy atom. The Bertz CT molecular complexity index is 716. The van der Waals surface area contributed by atoms with Crippen LogP contribution >= 0.6 is 0 Å². The number of esters is 1. The molecule has 0 amide bonds. The number of carbonyl (C=O) groups is 1. The Morgan fingerprint density at radius 3 is 2.82 bits per heavy atom. The van der Waals surface area contributed by atoms with Crippen molar-refractivity contribution in [1.29, 1.82) is 0 Å². The van der Waals surface area contributed by atoms with Gasteiger partial charge in [-0.1, -0.05) is 25.1 Å². The monoisotopic (exact) mass is 300 g/mol. The third-order valence-corrected chi connectivity index (χ3v) is 3.94. The van der Waals surface area contributed by atoms with Crippen molar-refractivity contribution >= 4 is 11.7 Å². The normalized spacial score (nSPS) is 15.8. The maximum atomic E-state index is 11.9. The molecule has 0 bridgehead atoms. The smallest absolute Gasteiger partial charge is 0.339 e. The second kappa shape index (κ2) is 5.16. The first-order valence-electron chi connectivity index (χ1n) is 7.43. The van der Waals surface area contributed by atoms with Crippen molar-refractivity contribution in [2.45, 2.75) is 45.8 Å². The van der Waals surface area contributed by atoms with Gasteiger partial charge in [0.15, 0.2) is 0 Å². The maximum absolute atomic E-state index is 11.9. The molecule has 0 unspecified atom stereocenters. The summed E-state index contributed by atoms with van der Waals surface area (Å²) >= 11 is 0. The van der Waals surface area contributed by atoms with Gasteiger partial charge in [0, 0.05) is 23.4 Å². The van der Waals surface area contributed by atoms with Crippen molar-refractivity contribution in [3.05, 3.63) is 46.8 Å². The quantitative estimate of drug-likeness (QED) is 0.870. The summed E-state index contributed by atoms with van der Waals surface area (Å²) in [5, 5.41) is 7.34. The molecule has 0 saturated carbocycles. The minimum atomic E-state index is -0.551. The number of hydrogen-bond donors (Lipinski definition) is 1. The number of ether oxygens (including phenoxy) is 1. The highest BCUT2D eigenvalue weighted by Gasteiger charge is 2.37. The molecule has 0 atom stereocenters. The summed E-state index contributed by atoms with van der Waals surface area (Å²) in [5.74, 6) is 0.0443. The van der Waals surface area contributed by atoms with Gasteiger partial charge in [-0.3, -0.25) is 0 Å².